The summed E-state index contributed by atoms with van der Waals surface area (Å²) < 4.78 is 0. The van der Waals surface area contributed by atoms with Gasteiger partial charge in [0.2, 0.25) is 0 Å². The first-order valence-electron chi connectivity index (χ1n) is 7.98. The fraction of sp³-hybridized carbons (Fsp3) is 0.150. The van der Waals surface area contributed by atoms with Crippen LogP contribution in [0.1, 0.15) is 32.5 Å². The van der Waals surface area contributed by atoms with Crippen molar-refractivity contribution in [1.29, 1.82) is 0 Å². The number of nitrogens with one attached hydrogen (secondary N) is 1. The molecule has 1 atom stereocenters. The van der Waals surface area contributed by atoms with Crippen LogP contribution < -0.4 is 5.32 Å². The Balaban J connectivity index is 1.73. The highest BCUT2D eigenvalue weighted by molar-refractivity contribution is 7.10. The second-order valence-electron chi connectivity index (χ2n) is 6.03. The van der Waals surface area contributed by atoms with E-state index in [2.05, 4.69) is 42.6 Å². The zero-order valence-corrected chi connectivity index (χ0v) is 14.2. The quantitative estimate of drug-likeness (QED) is 0.744. The standard InChI is InChI=1S/C20H18N2OS/c1-14-8-10-15(11-9-14)13-22-19(18-7-4-12-24-18)21-17-6-3-2-5-16(17)20(22)23/h2-12,19,21H,13H2,1H3. The van der Waals surface area contributed by atoms with Crippen molar-refractivity contribution in [1.82, 2.24) is 4.90 Å². The molecule has 1 amide bonds. The fourth-order valence-electron chi connectivity index (χ4n) is 3.02. The molecule has 1 aromatic heterocycles. The molecule has 4 heteroatoms. The summed E-state index contributed by atoms with van der Waals surface area (Å²) in [5, 5.41) is 5.57. The van der Waals surface area contributed by atoms with Crippen LogP contribution in [0.25, 0.3) is 0 Å². The number of benzene rings is 2. The van der Waals surface area contributed by atoms with E-state index in [0.717, 1.165) is 21.7 Å². The molecule has 3 aromatic rings. The Morgan fingerprint density at radius 1 is 1.04 bits per heavy atom. The first-order valence-corrected chi connectivity index (χ1v) is 8.86. The van der Waals surface area contributed by atoms with Crippen molar-refractivity contribution in [3.05, 3.63) is 87.6 Å². The maximum atomic E-state index is 13.1. The van der Waals surface area contributed by atoms with Crippen LogP contribution in [0.15, 0.2) is 66.0 Å². The molecule has 1 N–H and O–H groups in total. The maximum absolute atomic E-state index is 13.1. The molecule has 3 nitrogen and oxygen atoms in total. The van der Waals surface area contributed by atoms with Crippen LogP contribution in [0, 0.1) is 6.92 Å². The topological polar surface area (TPSA) is 32.3 Å². The number of anilines is 1. The summed E-state index contributed by atoms with van der Waals surface area (Å²) >= 11 is 1.67. The summed E-state index contributed by atoms with van der Waals surface area (Å²) in [5.41, 5.74) is 4.00. The molecule has 24 heavy (non-hydrogen) atoms. The molecule has 1 aliphatic rings. The molecule has 0 radical (unpaired) electrons. The van der Waals surface area contributed by atoms with Crippen molar-refractivity contribution in [2.45, 2.75) is 19.6 Å². The van der Waals surface area contributed by atoms with E-state index in [0.29, 0.717) is 6.54 Å². The Morgan fingerprint density at radius 2 is 1.83 bits per heavy atom. The van der Waals surface area contributed by atoms with Crippen LogP contribution in [0.3, 0.4) is 0 Å². The fourth-order valence-corrected chi connectivity index (χ4v) is 3.80. The van der Waals surface area contributed by atoms with Crippen LogP contribution in [-0.2, 0) is 6.54 Å². The van der Waals surface area contributed by atoms with Gasteiger partial charge in [0.05, 0.1) is 5.56 Å². The van der Waals surface area contributed by atoms with Gasteiger partial charge in [0.15, 0.2) is 0 Å². The third-order valence-corrected chi connectivity index (χ3v) is 5.23. The van der Waals surface area contributed by atoms with Gasteiger partial charge in [0.25, 0.3) is 5.91 Å². The van der Waals surface area contributed by atoms with E-state index in [1.54, 1.807) is 11.3 Å². The molecule has 1 unspecified atom stereocenters. The molecule has 1 aliphatic heterocycles. The van der Waals surface area contributed by atoms with Crippen molar-refractivity contribution in [2.24, 2.45) is 0 Å². The zero-order valence-electron chi connectivity index (χ0n) is 13.4. The van der Waals surface area contributed by atoms with Crippen molar-refractivity contribution in [2.75, 3.05) is 5.32 Å². The normalized spacial score (nSPS) is 16.6. The summed E-state index contributed by atoms with van der Waals surface area (Å²) in [6, 6.07) is 20.2. The zero-order chi connectivity index (χ0) is 16.5. The van der Waals surface area contributed by atoms with Crippen molar-refractivity contribution in [3.63, 3.8) is 0 Å². The molecule has 0 aliphatic carbocycles. The van der Waals surface area contributed by atoms with E-state index in [1.807, 2.05) is 40.6 Å². The van der Waals surface area contributed by atoms with Crippen molar-refractivity contribution >= 4 is 22.9 Å². The highest BCUT2D eigenvalue weighted by Crippen LogP contribution is 2.35. The number of hydrogen-bond acceptors (Lipinski definition) is 3. The number of amides is 1. The van der Waals surface area contributed by atoms with Gasteiger partial charge in [0.1, 0.15) is 6.17 Å². The summed E-state index contributed by atoms with van der Waals surface area (Å²) in [5.74, 6) is 0.0725. The Bertz CT molecular complexity index is 856. The lowest BCUT2D eigenvalue weighted by atomic mass is 10.1. The highest BCUT2D eigenvalue weighted by atomic mass is 32.1. The Kier molecular flexibility index (Phi) is 3.82. The largest absolute Gasteiger partial charge is 0.360 e. The lowest BCUT2D eigenvalue weighted by molar-refractivity contribution is 0.0669. The third-order valence-electron chi connectivity index (χ3n) is 4.31. The van der Waals surface area contributed by atoms with Gasteiger partial charge in [-0.25, -0.2) is 0 Å². The van der Waals surface area contributed by atoms with Gasteiger partial charge < -0.3 is 10.2 Å². The van der Waals surface area contributed by atoms with Gasteiger partial charge in [-0.15, -0.1) is 11.3 Å². The summed E-state index contributed by atoms with van der Waals surface area (Å²) in [6.45, 7) is 2.66. The van der Waals surface area contributed by atoms with Crippen molar-refractivity contribution in [3.8, 4) is 0 Å². The first kappa shape index (κ1) is 15.0. The molecule has 2 aromatic carbocycles. The van der Waals surface area contributed by atoms with Crippen LogP contribution in [-0.4, -0.2) is 10.8 Å². The number of para-hydroxylation sites is 1. The minimum atomic E-state index is -0.131. The van der Waals surface area contributed by atoms with Crippen molar-refractivity contribution < 1.29 is 4.79 Å². The average molecular weight is 334 g/mol. The number of hydrogen-bond donors (Lipinski definition) is 1. The van der Waals surface area contributed by atoms with Crippen LogP contribution in [0.2, 0.25) is 0 Å². The number of aryl methyl sites for hydroxylation is 1. The van der Waals surface area contributed by atoms with Gasteiger partial charge in [-0.2, -0.15) is 0 Å². The van der Waals surface area contributed by atoms with E-state index < -0.39 is 0 Å². The number of thiophene rings is 1. The number of nitrogens with zero attached hydrogens (tertiary/aromatic N) is 1. The molecule has 4 rings (SSSR count). The number of carbonyl (C=O) groups is 1. The van der Waals surface area contributed by atoms with Gasteiger partial charge in [-0.05, 0) is 36.1 Å². The van der Waals surface area contributed by atoms with E-state index in [4.69, 9.17) is 0 Å². The molecule has 2 heterocycles. The minimum Gasteiger partial charge on any atom is -0.360 e. The van der Waals surface area contributed by atoms with Crippen LogP contribution in [0.4, 0.5) is 5.69 Å². The number of carbonyl (C=O) groups excluding carboxylic acids is 1. The van der Waals surface area contributed by atoms with E-state index in [-0.39, 0.29) is 12.1 Å². The van der Waals surface area contributed by atoms with Gasteiger partial charge in [-0.3, -0.25) is 4.79 Å². The second kappa shape index (κ2) is 6.13. The Labute approximate surface area is 145 Å². The summed E-state index contributed by atoms with van der Waals surface area (Å²) in [4.78, 5) is 16.1. The SMILES string of the molecule is Cc1ccc(CN2C(=O)c3ccccc3NC2c2cccs2)cc1. The molecular formula is C20H18N2OS. The molecule has 0 bridgehead atoms. The minimum absolute atomic E-state index is 0.0725. The summed E-state index contributed by atoms with van der Waals surface area (Å²) in [7, 11) is 0. The number of rotatable bonds is 3. The van der Waals surface area contributed by atoms with Gasteiger partial charge in [0, 0.05) is 17.1 Å². The molecule has 0 fully saturated rings. The lowest BCUT2D eigenvalue weighted by Crippen LogP contribution is -2.42. The van der Waals surface area contributed by atoms with Crippen LogP contribution >= 0.6 is 11.3 Å². The molecule has 120 valence electrons. The summed E-state index contributed by atoms with van der Waals surface area (Å²) in [6.07, 6.45) is -0.131. The second-order valence-corrected chi connectivity index (χ2v) is 7.01. The Morgan fingerprint density at radius 3 is 2.58 bits per heavy atom. The first-order chi connectivity index (χ1) is 11.7. The Hall–Kier alpha value is -2.59. The van der Waals surface area contributed by atoms with Crippen LogP contribution in [0.5, 0.6) is 0 Å². The molecule has 0 spiro atoms. The predicted octanol–water partition coefficient (Wildman–Crippen LogP) is 4.82. The molecule has 0 saturated carbocycles. The third kappa shape index (κ3) is 2.69. The van der Waals surface area contributed by atoms with Gasteiger partial charge in [-0.1, -0.05) is 48.0 Å². The predicted molar refractivity (Wildman–Crippen MR) is 98.2 cm³/mol. The lowest BCUT2D eigenvalue weighted by Gasteiger charge is -2.37. The van der Waals surface area contributed by atoms with Gasteiger partial charge >= 0.3 is 0 Å². The number of fused-ring (bicyclic) bond motifs is 1. The smallest absolute Gasteiger partial charge is 0.258 e. The highest BCUT2D eigenvalue weighted by Gasteiger charge is 2.33. The average Bonchev–Trinajstić information content (AvgIpc) is 3.13. The molecule has 0 saturated heterocycles. The van der Waals surface area contributed by atoms with E-state index in [1.165, 1.54) is 5.56 Å². The van der Waals surface area contributed by atoms with E-state index in [9.17, 15) is 4.79 Å². The maximum Gasteiger partial charge on any atom is 0.258 e. The molecular weight excluding hydrogens is 316 g/mol. The monoisotopic (exact) mass is 334 g/mol. The van der Waals surface area contributed by atoms with E-state index >= 15 is 0 Å².